The Labute approximate surface area is 101 Å². The van der Waals surface area contributed by atoms with Crippen molar-refractivity contribution in [2.75, 3.05) is 0 Å². The summed E-state index contributed by atoms with van der Waals surface area (Å²) in [5, 5.41) is 2.68. The zero-order valence-corrected chi connectivity index (χ0v) is 10.9. The summed E-state index contributed by atoms with van der Waals surface area (Å²) in [5.41, 5.74) is 0. The van der Waals surface area contributed by atoms with Gasteiger partial charge in [-0.3, -0.25) is 4.79 Å². The van der Waals surface area contributed by atoms with Gasteiger partial charge in [-0.1, -0.05) is 59.0 Å². The van der Waals surface area contributed by atoms with Crippen molar-refractivity contribution in [3.63, 3.8) is 0 Å². The molecule has 2 nitrogen and oxygen atoms in total. The van der Waals surface area contributed by atoms with Crippen molar-refractivity contribution in [1.82, 2.24) is 5.32 Å². The molecule has 2 heteroatoms. The predicted octanol–water partition coefficient (Wildman–Crippen LogP) is 4.02. The minimum Gasteiger partial charge on any atom is -0.333 e. The van der Waals surface area contributed by atoms with E-state index in [0.29, 0.717) is 0 Å². The molecule has 0 aliphatic carbocycles. The normalized spacial score (nSPS) is 12.1. The Kier molecular flexibility index (Phi) is 10.2. The van der Waals surface area contributed by atoms with Gasteiger partial charge < -0.3 is 5.32 Å². The molecule has 0 saturated carbocycles. The second-order valence-electron chi connectivity index (χ2n) is 4.37. The molecular formula is C14H27NO. The number of nitrogens with one attached hydrogen (secondary N) is 1. The van der Waals surface area contributed by atoms with E-state index in [1.54, 1.807) is 0 Å². The molecule has 1 amide bonds. The highest BCUT2D eigenvalue weighted by atomic mass is 16.1. The third-order valence-electron chi connectivity index (χ3n) is 3.01. The largest absolute Gasteiger partial charge is 0.333 e. The van der Waals surface area contributed by atoms with Crippen molar-refractivity contribution in [3.05, 3.63) is 12.8 Å². The van der Waals surface area contributed by atoms with Gasteiger partial charge in [0.2, 0.25) is 5.91 Å². The standard InChI is InChI=1S/C14H27NO/c1-4-7-8-9-10-11-12-13(5-2)14(16)15-6-3/h6,13H,3-5,7-12H2,1-2H3,(H,15,16). The fraction of sp³-hybridized carbons (Fsp3) is 0.786. The van der Waals surface area contributed by atoms with Crippen LogP contribution in [0, 0.1) is 5.92 Å². The molecule has 1 unspecified atom stereocenters. The average molecular weight is 225 g/mol. The van der Waals surface area contributed by atoms with Crippen LogP contribution in [-0.4, -0.2) is 5.91 Å². The first-order valence-corrected chi connectivity index (χ1v) is 6.67. The van der Waals surface area contributed by atoms with Gasteiger partial charge in [0.05, 0.1) is 0 Å². The first kappa shape index (κ1) is 15.2. The van der Waals surface area contributed by atoms with E-state index >= 15 is 0 Å². The molecule has 0 aromatic carbocycles. The molecule has 0 aliphatic heterocycles. The maximum atomic E-state index is 11.6. The number of carbonyl (C=O) groups is 1. The van der Waals surface area contributed by atoms with E-state index in [9.17, 15) is 4.79 Å². The summed E-state index contributed by atoms with van der Waals surface area (Å²) in [6.07, 6.45) is 11.1. The van der Waals surface area contributed by atoms with E-state index in [1.165, 1.54) is 44.7 Å². The SMILES string of the molecule is C=CNC(=O)C(CC)CCCCCCCC. The Morgan fingerprint density at radius 3 is 2.38 bits per heavy atom. The van der Waals surface area contributed by atoms with E-state index in [-0.39, 0.29) is 11.8 Å². The third-order valence-corrected chi connectivity index (χ3v) is 3.01. The highest BCUT2D eigenvalue weighted by molar-refractivity contribution is 5.79. The molecular weight excluding hydrogens is 198 g/mol. The minimum absolute atomic E-state index is 0.131. The molecule has 16 heavy (non-hydrogen) atoms. The van der Waals surface area contributed by atoms with Gasteiger partial charge in [-0.2, -0.15) is 0 Å². The summed E-state index contributed by atoms with van der Waals surface area (Å²) >= 11 is 0. The zero-order valence-electron chi connectivity index (χ0n) is 10.9. The number of hydrogen-bond donors (Lipinski definition) is 1. The Morgan fingerprint density at radius 2 is 1.81 bits per heavy atom. The lowest BCUT2D eigenvalue weighted by Gasteiger charge is -2.12. The molecule has 0 saturated heterocycles. The molecule has 0 fully saturated rings. The van der Waals surface area contributed by atoms with Crippen molar-refractivity contribution in [1.29, 1.82) is 0 Å². The van der Waals surface area contributed by atoms with Gasteiger partial charge in [0.15, 0.2) is 0 Å². The van der Waals surface area contributed by atoms with Crippen LogP contribution < -0.4 is 5.32 Å². The Morgan fingerprint density at radius 1 is 1.19 bits per heavy atom. The molecule has 0 aliphatic rings. The number of amides is 1. The molecule has 0 bridgehead atoms. The van der Waals surface area contributed by atoms with E-state index < -0.39 is 0 Å². The minimum atomic E-state index is 0.131. The lowest BCUT2D eigenvalue weighted by atomic mass is 9.97. The Balaban J connectivity index is 3.55. The summed E-state index contributed by atoms with van der Waals surface area (Å²) in [4.78, 5) is 11.6. The van der Waals surface area contributed by atoms with Crippen LogP contribution in [-0.2, 0) is 4.79 Å². The number of hydrogen-bond acceptors (Lipinski definition) is 1. The highest BCUT2D eigenvalue weighted by Crippen LogP contribution is 2.15. The van der Waals surface area contributed by atoms with Gasteiger partial charge in [-0.05, 0) is 19.0 Å². The molecule has 94 valence electrons. The van der Waals surface area contributed by atoms with Crippen molar-refractivity contribution in [3.8, 4) is 0 Å². The third kappa shape index (κ3) is 7.49. The molecule has 0 rings (SSSR count). The topological polar surface area (TPSA) is 29.1 Å². The molecule has 0 heterocycles. The first-order valence-electron chi connectivity index (χ1n) is 6.67. The summed E-state index contributed by atoms with van der Waals surface area (Å²) in [6.45, 7) is 7.82. The first-order chi connectivity index (χ1) is 7.76. The predicted molar refractivity (Wildman–Crippen MR) is 70.1 cm³/mol. The number of rotatable bonds is 10. The zero-order chi connectivity index (χ0) is 12.2. The molecule has 0 spiro atoms. The number of carbonyl (C=O) groups excluding carboxylic acids is 1. The van der Waals surface area contributed by atoms with Crippen molar-refractivity contribution in [2.45, 2.75) is 65.2 Å². The van der Waals surface area contributed by atoms with Crippen molar-refractivity contribution >= 4 is 5.91 Å². The molecule has 0 radical (unpaired) electrons. The van der Waals surface area contributed by atoms with E-state index in [4.69, 9.17) is 0 Å². The van der Waals surface area contributed by atoms with Crippen LogP contribution in [0.3, 0.4) is 0 Å². The second-order valence-corrected chi connectivity index (χ2v) is 4.37. The van der Waals surface area contributed by atoms with Gasteiger partial charge in [-0.15, -0.1) is 0 Å². The molecule has 1 N–H and O–H groups in total. The van der Waals surface area contributed by atoms with Crippen LogP contribution in [0.2, 0.25) is 0 Å². The fourth-order valence-electron chi connectivity index (χ4n) is 1.91. The van der Waals surface area contributed by atoms with Crippen LogP contribution in [0.15, 0.2) is 12.8 Å². The maximum absolute atomic E-state index is 11.6. The van der Waals surface area contributed by atoms with Crippen LogP contribution >= 0.6 is 0 Å². The molecule has 1 atom stereocenters. The smallest absolute Gasteiger partial charge is 0.226 e. The van der Waals surface area contributed by atoms with Gasteiger partial charge in [0.25, 0.3) is 0 Å². The van der Waals surface area contributed by atoms with Crippen LogP contribution in [0.4, 0.5) is 0 Å². The lowest BCUT2D eigenvalue weighted by molar-refractivity contribution is -0.124. The summed E-state index contributed by atoms with van der Waals surface area (Å²) in [5.74, 6) is 0.301. The van der Waals surface area contributed by atoms with Crippen LogP contribution in [0.5, 0.6) is 0 Å². The van der Waals surface area contributed by atoms with Gasteiger partial charge in [-0.25, -0.2) is 0 Å². The van der Waals surface area contributed by atoms with Gasteiger partial charge >= 0.3 is 0 Å². The summed E-state index contributed by atoms with van der Waals surface area (Å²) in [6, 6.07) is 0. The number of unbranched alkanes of at least 4 members (excludes halogenated alkanes) is 5. The monoisotopic (exact) mass is 225 g/mol. The Bertz CT molecular complexity index is 189. The van der Waals surface area contributed by atoms with Gasteiger partial charge in [0.1, 0.15) is 0 Å². The quantitative estimate of drug-likeness (QED) is 0.559. The summed E-state index contributed by atoms with van der Waals surface area (Å²) in [7, 11) is 0. The van der Waals surface area contributed by atoms with E-state index in [1.807, 2.05) is 0 Å². The van der Waals surface area contributed by atoms with Crippen molar-refractivity contribution < 1.29 is 4.79 Å². The maximum Gasteiger partial charge on any atom is 0.226 e. The van der Waals surface area contributed by atoms with Crippen LogP contribution in [0.1, 0.15) is 65.2 Å². The Hall–Kier alpha value is -0.790. The van der Waals surface area contributed by atoms with E-state index in [0.717, 1.165) is 12.8 Å². The summed E-state index contributed by atoms with van der Waals surface area (Å²) < 4.78 is 0. The highest BCUT2D eigenvalue weighted by Gasteiger charge is 2.14. The second kappa shape index (κ2) is 10.7. The average Bonchev–Trinajstić information content (AvgIpc) is 2.28. The van der Waals surface area contributed by atoms with Crippen molar-refractivity contribution in [2.24, 2.45) is 5.92 Å². The van der Waals surface area contributed by atoms with E-state index in [2.05, 4.69) is 25.7 Å². The lowest BCUT2D eigenvalue weighted by Crippen LogP contribution is -2.25. The van der Waals surface area contributed by atoms with Gasteiger partial charge in [0, 0.05) is 5.92 Å². The molecule has 0 aromatic heterocycles. The molecule has 0 aromatic rings. The van der Waals surface area contributed by atoms with Crippen LogP contribution in [0.25, 0.3) is 0 Å². The fourth-order valence-corrected chi connectivity index (χ4v) is 1.91.